The zero-order valence-electron chi connectivity index (χ0n) is 16.1. The number of piperidine rings is 1. The number of aromatic hydroxyl groups is 1. The lowest BCUT2D eigenvalue weighted by Crippen LogP contribution is -2.49. The summed E-state index contributed by atoms with van der Waals surface area (Å²) < 4.78 is 0. The number of carboxylic acids is 1. The van der Waals surface area contributed by atoms with E-state index < -0.39 is 11.9 Å². The Morgan fingerprint density at radius 3 is 2.59 bits per heavy atom. The monoisotopic (exact) mass is 367 g/mol. The summed E-state index contributed by atoms with van der Waals surface area (Å²) in [4.78, 5) is 14.1. The van der Waals surface area contributed by atoms with Gasteiger partial charge in [-0.1, -0.05) is 56.3 Å². The fourth-order valence-electron chi connectivity index (χ4n) is 4.21. The van der Waals surface area contributed by atoms with Crippen molar-refractivity contribution in [1.29, 1.82) is 0 Å². The van der Waals surface area contributed by atoms with E-state index in [1.165, 1.54) is 0 Å². The van der Waals surface area contributed by atoms with Crippen LogP contribution in [0.1, 0.15) is 31.4 Å². The summed E-state index contributed by atoms with van der Waals surface area (Å²) in [6.07, 6.45) is 1.51. The molecule has 2 unspecified atom stereocenters. The third kappa shape index (κ3) is 4.51. The Hall–Kier alpha value is -2.33. The third-order valence-electron chi connectivity index (χ3n) is 6.23. The molecule has 3 rings (SSSR count). The number of rotatable bonds is 6. The van der Waals surface area contributed by atoms with Crippen LogP contribution in [0.15, 0.2) is 54.6 Å². The van der Waals surface area contributed by atoms with Crippen LogP contribution in [0.5, 0.6) is 5.75 Å². The summed E-state index contributed by atoms with van der Waals surface area (Å²) in [5.41, 5.74) is 2.22. The Kier molecular flexibility index (Phi) is 5.85. The van der Waals surface area contributed by atoms with E-state index >= 15 is 0 Å². The van der Waals surface area contributed by atoms with Gasteiger partial charge in [-0.3, -0.25) is 4.79 Å². The minimum absolute atomic E-state index is 0.00656. The van der Waals surface area contributed by atoms with Crippen molar-refractivity contribution in [2.75, 3.05) is 19.6 Å². The van der Waals surface area contributed by atoms with E-state index in [-0.39, 0.29) is 5.41 Å². The molecular weight excluding hydrogens is 338 g/mol. The number of carboxylic acid groups (broad SMARTS) is 1. The first-order valence-corrected chi connectivity index (χ1v) is 9.67. The highest BCUT2D eigenvalue weighted by molar-refractivity contribution is 5.70. The molecule has 27 heavy (non-hydrogen) atoms. The number of carbonyl (C=O) groups is 1. The molecule has 1 saturated heterocycles. The number of benzene rings is 2. The van der Waals surface area contributed by atoms with E-state index in [0.717, 1.165) is 30.6 Å². The van der Waals surface area contributed by atoms with Crippen LogP contribution in [0.3, 0.4) is 0 Å². The zero-order chi connectivity index (χ0) is 19.4. The van der Waals surface area contributed by atoms with E-state index in [0.29, 0.717) is 24.6 Å². The van der Waals surface area contributed by atoms with Gasteiger partial charge in [0.1, 0.15) is 5.75 Å². The van der Waals surface area contributed by atoms with Crippen LogP contribution in [0.2, 0.25) is 0 Å². The Morgan fingerprint density at radius 2 is 1.96 bits per heavy atom. The molecule has 0 aromatic heterocycles. The van der Waals surface area contributed by atoms with Gasteiger partial charge in [-0.2, -0.15) is 0 Å². The average Bonchev–Trinajstić information content (AvgIpc) is 2.65. The van der Waals surface area contributed by atoms with Crippen LogP contribution >= 0.6 is 0 Å². The molecule has 1 heterocycles. The number of hydrogen-bond acceptors (Lipinski definition) is 3. The molecule has 1 fully saturated rings. The lowest BCUT2D eigenvalue weighted by molar-refractivity contribution is -0.142. The van der Waals surface area contributed by atoms with Crippen molar-refractivity contribution < 1.29 is 15.0 Å². The van der Waals surface area contributed by atoms with E-state index in [9.17, 15) is 15.0 Å². The Morgan fingerprint density at radius 1 is 1.22 bits per heavy atom. The normalized spacial score (nSPS) is 24.4. The molecule has 2 N–H and O–H groups in total. The summed E-state index contributed by atoms with van der Waals surface area (Å²) in [7, 11) is 0. The molecule has 0 bridgehead atoms. The molecule has 0 radical (unpaired) electrons. The summed E-state index contributed by atoms with van der Waals surface area (Å²) in [6, 6.07) is 17.4. The second-order valence-electron chi connectivity index (χ2n) is 8.10. The largest absolute Gasteiger partial charge is 0.508 e. The van der Waals surface area contributed by atoms with Crippen LogP contribution in [0, 0.1) is 11.8 Å². The van der Waals surface area contributed by atoms with Gasteiger partial charge in [-0.05, 0) is 54.0 Å². The van der Waals surface area contributed by atoms with Crippen molar-refractivity contribution in [3.8, 4) is 5.75 Å². The van der Waals surface area contributed by atoms with E-state index in [4.69, 9.17) is 0 Å². The predicted molar refractivity (Wildman–Crippen MR) is 107 cm³/mol. The number of aliphatic carboxylic acids is 1. The van der Waals surface area contributed by atoms with Crippen LogP contribution in [0.25, 0.3) is 0 Å². The highest BCUT2D eigenvalue weighted by Gasteiger charge is 2.39. The third-order valence-corrected chi connectivity index (χ3v) is 6.23. The Labute approximate surface area is 161 Å². The lowest BCUT2D eigenvalue weighted by Gasteiger charge is -2.45. The van der Waals surface area contributed by atoms with Crippen molar-refractivity contribution in [3.63, 3.8) is 0 Å². The molecular formula is C23H29NO3. The van der Waals surface area contributed by atoms with Gasteiger partial charge >= 0.3 is 5.97 Å². The Balaban J connectivity index is 1.67. The number of hydrogen-bond donors (Lipinski definition) is 2. The summed E-state index contributed by atoms with van der Waals surface area (Å²) >= 11 is 0. The Bertz CT molecular complexity index is 776. The number of phenols is 1. The van der Waals surface area contributed by atoms with Gasteiger partial charge in [0.25, 0.3) is 0 Å². The van der Waals surface area contributed by atoms with Gasteiger partial charge in [0.2, 0.25) is 0 Å². The van der Waals surface area contributed by atoms with Crippen LogP contribution in [-0.2, 0) is 16.6 Å². The lowest BCUT2D eigenvalue weighted by atomic mass is 9.68. The van der Waals surface area contributed by atoms with Gasteiger partial charge in [0, 0.05) is 13.1 Å². The van der Waals surface area contributed by atoms with E-state index in [2.05, 4.69) is 24.8 Å². The number of nitrogens with zero attached hydrogens (tertiary/aromatic N) is 1. The first-order valence-electron chi connectivity index (χ1n) is 9.67. The number of phenolic OH excluding ortho intramolecular Hbond substituents is 1. The van der Waals surface area contributed by atoms with Gasteiger partial charge < -0.3 is 15.1 Å². The zero-order valence-corrected chi connectivity index (χ0v) is 16.1. The molecule has 0 amide bonds. The maximum Gasteiger partial charge on any atom is 0.308 e. The molecule has 0 aliphatic carbocycles. The van der Waals surface area contributed by atoms with Crippen molar-refractivity contribution in [2.45, 2.75) is 32.1 Å². The summed E-state index contributed by atoms with van der Waals surface area (Å²) in [5, 5.41) is 19.5. The van der Waals surface area contributed by atoms with Gasteiger partial charge in [-0.15, -0.1) is 0 Å². The summed E-state index contributed by atoms with van der Waals surface area (Å²) in [6.45, 7) is 6.79. The molecule has 0 spiro atoms. The fraction of sp³-hybridized carbons (Fsp3) is 0.435. The molecule has 4 heteroatoms. The molecule has 144 valence electrons. The topological polar surface area (TPSA) is 60.8 Å². The molecule has 4 nitrogen and oxygen atoms in total. The predicted octanol–water partition coefficient (Wildman–Crippen LogP) is 3.94. The second-order valence-corrected chi connectivity index (χ2v) is 8.10. The highest BCUT2D eigenvalue weighted by Crippen LogP contribution is 2.40. The van der Waals surface area contributed by atoms with Crippen molar-refractivity contribution in [1.82, 2.24) is 4.90 Å². The first kappa shape index (κ1) is 19.4. The number of likely N-dealkylation sites (tertiary alicyclic amines) is 1. The van der Waals surface area contributed by atoms with Crippen molar-refractivity contribution in [2.24, 2.45) is 11.8 Å². The second kappa shape index (κ2) is 8.13. The molecule has 2 aromatic rings. The highest BCUT2D eigenvalue weighted by atomic mass is 16.4. The van der Waals surface area contributed by atoms with E-state index in [1.807, 2.05) is 42.5 Å². The summed E-state index contributed by atoms with van der Waals surface area (Å²) in [5.74, 6) is -0.450. The van der Waals surface area contributed by atoms with Crippen LogP contribution < -0.4 is 0 Å². The molecule has 2 aromatic carbocycles. The molecule has 3 atom stereocenters. The standard InChI is InChI=1S/C23H29NO3/c1-17-15-24(12-11-23(17,2)20-9-6-10-21(25)14-20)16-19(22(26)27)13-18-7-4-3-5-8-18/h3-10,14,17,19,25H,11-13,15-16H2,1-2H3,(H,26,27)/t17?,19-,23?/m0/s1. The maximum absolute atomic E-state index is 11.8. The fourth-order valence-corrected chi connectivity index (χ4v) is 4.21. The minimum atomic E-state index is -0.729. The first-order chi connectivity index (χ1) is 12.9. The molecule has 1 aliphatic rings. The molecule has 1 aliphatic heterocycles. The van der Waals surface area contributed by atoms with E-state index in [1.54, 1.807) is 6.07 Å². The van der Waals surface area contributed by atoms with Crippen LogP contribution in [-0.4, -0.2) is 40.7 Å². The smallest absolute Gasteiger partial charge is 0.308 e. The quantitative estimate of drug-likeness (QED) is 0.812. The van der Waals surface area contributed by atoms with Crippen LogP contribution in [0.4, 0.5) is 0 Å². The minimum Gasteiger partial charge on any atom is -0.508 e. The average molecular weight is 367 g/mol. The van der Waals surface area contributed by atoms with Crippen molar-refractivity contribution >= 4 is 5.97 Å². The maximum atomic E-state index is 11.8. The van der Waals surface area contributed by atoms with Gasteiger partial charge in [-0.25, -0.2) is 0 Å². The van der Waals surface area contributed by atoms with Crippen molar-refractivity contribution in [3.05, 3.63) is 65.7 Å². The van der Waals surface area contributed by atoms with Gasteiger partial charge in [0.15, 0.2) is 0 Å². The SMILES string of the molecule is CC1CN(C[C@H](Cc2ccccc2)C(=O)O)CCC1(C)c1cccc(O)c1. The van der Waals surface area contributed by atoms with Gasteiger partial charge in [0.05, 0.1) is 5.92 Å². The molecule has 0 saturated carbocycles.